The Balaban J connectivity index is 2.83. The molecule has 0 fully saturated rings. The lowest BCUT2D eigenvalue weighted by Crippen LogP contribution is -2.45. The molecule has 1 atom stereocenters. The molecule has 0 heterocycles. The Morgan fingerprint density at radius 1 is 1.39 bits per heavy atom. The van der Waals surface area contributed by atoms with Gasteiger partial charge in [0.05, 0.1) is 13.2 Å². The van der Waals surface area contributed by atoms with Crippen LogP contribution in [0.2, 0.25) is 0 Å². The Bertz CT molecular complexity index is 436. The molecule has 0 radical (unpaired) electrons. The topological polar surface area (TPSA) is 64.3 Å². The predicted octanol–water partition coefficient (Wildman–Crippen LogP) is 2.32. The number of nitrogens with one attached hydrogen (secondary N) is 1. The van der Waals surface area contributed by atoms with Crippen LogP contribution >= 0.6 is 0 Å². The van der Waals surface area contributed by atoms with E-state index in [9.17, 15) is 4.79 Å². The molecule has 0 bridgehead atoms. The zero-order valence-electron chi connectivity index (χ0n) is 11.7. The van der Waals surface area contributed by atoms with Crippen molar-refractivity contribution in [3.05, 3.63) is 23.8 Å². The Morgan fingerprint density at radius 2 is 2.00 bits per heavy atom. The van der Waals surface area contributed by atoms with E-state index in [4.69, 9.17) is 10.5 Å². The summed E-state index contributed by atoms with van der Waals surface area (Å²) in [6.07, 6.45) is 0. The van der Waals surface area contributed by atoms with Gasteiger partial charge >= 0.3 is 0 Å². The number of ether oxygens (including phenoxy) is 1. The van der Waals surface area contributed by atoms with Crippen molar-refractivity contribution in [2.75, 3.05) is 12.4 Å². The molecule has 1 aromatic carbocycles. The number of carbonyl (C=O) groups is 1. The van der Waals surface area contributed by atoms with Crippen LogP contribution in [0.1, 0.15) is 26.3 Å². The van der Waals surface area contributed by atoms with E-state index in [-0.39, 0.29) is 11.3 Å². The molecule has 0 unspecified atom stereocenters. The molecular weight excluding hydrogens is 228 g/mol. The van der Waals surface area contributed by atoms with E-state index in [0.717, 1.165) is 17.0 Å². The van der Waals surface area contributed by atoms with Crippen molar-refractivity contribution in [3.63, 3.8) is 0 Å². The lowest BCUT2D eigenvalue weighted by Gasteiger charge is -2.26. The van der Waals surface area contributed by atoms with Crippen LogP contribution in [-0.4, -0.2) is 19.1 Å². The molecule has 4 nitrogen and oxygen atoms in total. The van der Waals surface area contributed by atoms with E-state index in [2.05, 4.69) is 5.32 Å². The van der Waals surface area contributed by atoms with Crippen molar-refractivity contribution < 1.29 is 9.53 Å². The van der Waals surface area contributed by atoms with E-state index in [1.807, 2.05) is 45.9 Å². The van der Waals surface area contributed by atoms with Gasteiger partial charge in [-0.15, -0.1) is 0 Å². The molecule has 100 valence electrons. The third kappa shape index (κ3) is 3.47. The lowest BCUT2D eigenvalue weighted by molar-refractivity contribution is -0.119. The number of rotatable bonds is 3. The van der Waals surface area contributed by atoms with Gasteiger partial charge in [0, 0.05) is 5.69 Å². The minimum absolute atomic E-state index is 0.171. The molecule has 0 saturated carbocycles. The highest BCUT2D eigenvalue weighted by Crippen LogP contribution is 2.23. The predicted molar refractivity (Wildman–Crippen MR) is 73.8 cm³/mol. The minimum atomic E-state index is -0.543. The second kappa shape index (κ2) is 5.40. The van der Waals surface area contributed by atoms with Crippen LogP contribution in [0, 0.1) is 12.3 Å². The van der Waals surface area contributed by atoms with Gasteiger partial charge < -0.3 is 15.8 Å². The first-order valence-corrected chi connectivity index (χ1v) is 5.97. The number of hydrogen-bond acceptors (Lipinski definition) is 3. The molecular formula is C14H22N2O2. The maximum absolute atomic E-state index is 12.0. The molecule has 1 aromatic rings. The summed E-state index contributed by atoms with van der Waals surface area (Å²) in [6.45, 7) is 7.75. The summed E-state index contributed by atoms with van der Waals surface area (Å²) in [6, 6.07) is 4.96. The van der Waals surface area contributed by atoms with Gasteiger partial charge in [0.25, 0.3) is 0 Å². The van der Waals surface area contributed by atoms with Crippen molar-refractivity contribution >= 4 is 11.6 Å². The summed E-state index contributed by atoms with van der Waals surface area (Å²) >= 11 is 0. The average Bonchev–Trinajstić information content (AvgIpc) is 2.29. The highest BCUT2D eigenvalue weighted by atomic mass is 16.5. The molecule has 0 aliphatic heterocycles. The third-order valence-electron chi connectivity index (χ3n) is 2.91. The molecule has 0 aliphatic carbocycles. The Morgan fingerprint density at radius 3 is 2.44 bits per heavy atom. The number of aryl methyl sites for hydroxylation is 1. The van der Waals surface area contributed by atoms with E-state index >= 15 is 0 Å². The standard InChI is InChI=1S/C14H22N2O2/c1-9-8-10(18-5)6-7-11(9)16-13(17)12(15)14(2,3)4/h6-8,12H,15H2,1-5H3,(H,16,17)/t12-/m1/s1. The summed E-state index contributed by atoms with van der Waals surface area (Å²) in [7, 11) is 1.61. The molecule has 18 heavy (non-hydrogen) atoms. The highest BCUT2D eigenvalue weighted by molar-refractivity contribution is 5.95. The Labute approximate surface area is 109 Å². The van der Waals surface area contributed by atoms with E-state index in [0.29, 0.717) is 0 Å². The molecule has 3 N–H and O–H groups in total. The van der Waals surface area contributed by atoms with Crippen LogP contribution < -0.4 is 15.8 Å². The van der Waals surface area contributed by atoms with Crippen LogP contribution in [-0.2, 0) is 4.79 Å². The number of methoxy groups -OCH3 is 1. The van der Waals surface area contributed by atoms with Gasteiger partial charge in [-0.3, -0.25) is 4.79 Å². The number of hydrogen-bond donors (Lipinski definition) is 2. The van der Waals surface area contributed by atoms with Crippen LogP contribution in [0.25, 0.3) is 0 Å². The van der Waals surface area contributed by atoms with Crippen LogP contribution in [0.4, 0.5) is 5.69 Å². The number of amides is 1. The van der Waals surface area contributed by atoms with E-state index in [1.165, 1.54) is 0 Å². The van der Waals surface area contributed by atoms with Crippen LogP contribution in [0.5, 0.6) is 5.75 Å². The first kappa shape index (κ1) is 14.5. The highest BCUT2D eigenvalue weighted by Gasteiger charge is 2.27. The fourth-order valence-corrected chi connectivity index (χ4v) is 1.51. The van der Waals surface area contributed by atoms with Crippen LogP contribution in [0.15, 0.2) is 18.2 Å². The molecule has 0 aromatic heterocycles. The molecule has 0 aliphatic rings. The van der Waals surface area contributed by atoms with Gasteiger partial charge in [0.15, 0.2) is 0 Å². The maximum atomic E-state index is 12.0. The molecule has 1 amide bonds. The number of carbonyl (C=O) groups excluding carboxylic acids is 1. The summed E-state index contributed by atoms with van der Waals surface area (Å²) in [5.41, 5.74) is 7.36. The van der Waals surface area contributed by atoms with Gasteiger partial charge in [-0.2, -0.15) is 0 Å². The van der Waals surface area contributed by atoms with Gasteiger partial charge in [0.1, 0.15) is 5.75 Å². The average molecular weight is 250 g/mol. The SMILES string of the molecule is COc1ccc(NC(=O)[C@@H](N)C(C)(C)C)c(C)c1. The van der Waals surface area contributed by atoms with E-state index in [1.54, 1.807) is 7.11 Å². The van der Waals surface area contributed by atoms with Crippen molar-refractivity contribution in [1.29, 1.82) is 0 Å². The minimum Gasteiger partial charge on any atom is -0.497 e. The fraction of sp³-hybridized carbons (Fsp3) is 0.500. The normalized spacial score (nSPS) is 13.0. The van der Waals surface area contributed by atoms with Crippen molar-refractivity contribution in [2.45, 2.75) is 33.7 Å². The maximum Gasteiger partial charge on any atom is 0.241 e. The summed E-state index contributed by atoms with van der Waals surface area (Å²) in [4.78, 5) is 12.0. The zero-order chi connectivity index (χ0) is 13.9. The molecule has 0 spiro atoms. The fourth-order valence-electron chi connectivity index (χ4n) is 1.51. The number of anilines is 1. The number of nitrogens with two attached hydrogens (primary N) is 1. The molecule has 1 rings (SSSR count). The molecule has 0 saturated heterocycles. The third-order valence-corrected chi connectivity index (χ3v) is 2.91. The number of benzene rings is 1. The largest absolute Gasteiger partial charge is 0.497 e. The monoisotopic (exact) mass is 250 g/mol. The van der Waals surface area contributed by atoms with Gasteiger partial charge in [-0.25, -0.2) is 0 Å². The van der Waals surface area contributed by atoms with E-state index < -0.39 is 6.04 Å². The second-order valence-electron chi connectivity index (χ2n) is 5.51. The van der Waals surface area contributed by atoms with Crippen molar-refractivity contribution in [3.8, 4) is 5.75 Å². The smallest absolute Gasteiger partial charge is 0.241 e. The summed E-state index contributed by atoms with van der Waals surface area (Å²) in [5.74, 6) is 0.599. The molecule has 4 heteroatoms. The summed E-state index contributed by atoms with van der Waals surface area (Å²) in [5, 5.41) is 2.85. The van der Waals surface area contributed by atoms with Crippen molar-refractivity contribution in [1.82, 2.24) is 0 Å². The Kier molecular flexibility index (Phi) is 4.35. The summed E-state index contributed by atoms with van der Waals surface area (Å²) < 4.78 is 5.12. The van der Waals surface area contributed by atoms with Gasteiger partial charge in [-0.05, 0) is 36.1 Å². The van der Waals surface area contributed by atoms with Crippen LogP contribution in [0.3, 0.4) is 0 Å². The lowest BCUT2D eigenvalue weighted by atomic mass is 9.87. The van der Waals surface area contributed by atoms with Gasteiger partial charge in [-0.1, -0.05) is 20.8 Å². The first-order valence-electron chi connectivity index (χ1n) is 5.97. The Hall–Kier alpha value is -1.55. The zero-order valence-corrected chi connectivity index (χ0v) is 11.7. The van der Waals surface area contributed by atoms with Gasteiger partial charge in [0.2, 0.25) is 5.91 Å². The quantitative estimate of drug-likeness (QED) is 0.865. The second-order valence-corrected chi connectivity index (χ2v) is 5.51. The van der Waals surface area contributed by atoms with Crippen molar-refractivity contribution in [2.24, 2.45) is 11.1 Å². The first-order chi connectivity index (χ1) is 8.25.